The molecule has 25 rings (SSSR count). The lowest BCUT2D eigenvalue weighted by atomic mass is 9.93. The van der Waals surface area contributed by atoms with E-state index in [9.17, 15) is 0 Å². The lowest BCUT2D eigenvalue weighted by Crippen LogP contribution is -2.01. The van der Waals surface area contributed by atoms with Crippen molar-refractivity contribution in [3.63, 3.8) is 0 Å². The first-order valence-corrected chi connectivity index (χ1v) is 42.6. The molecule has 0 spiro atoms. The van der Waals surface area contributed by atoms with Crippen molar-refractivity contribution in [2.75, 3.05) is 0 Å². The van der Waals surface area contributed by atoms with E-state index in [0.29, 0.717) is 52.4 Å². The molecule has 0 unspecified atom stereocenters. The number of para-hydroxylation sites is 1. The number of thiophene rings is 2. The van der Waals surface area contributed by atoms with Gasteiger partial charge in [0.05, 0.1) is 0 Å². The van der Waals surface area contributed by atoms with Crippen LogP contribution in [-0.2, 0) is 0 Å². The zero-order valence-electron chi connectivity index (χ0n) is 65.9. The molecule has 0 saturated carbocycles. The molecule has 0 fully saturated rings. The largest absolute Gasteiger partial charge is 0.456 e. The van der Waals surface area contributed by atoms with Crippen LogP contribution in [0.2, 0.25) is 0 Å². The Labute approximate surface area is 713 Å². The molecule has 6 aromatic heterocycles. The highest BCUT2D eigenvalue weighted by molar-refractivity contribution is 7.26. The Morgan fingerprint density at radius 2 is 0.569 bits per heavy atom. The molecular weight excluding hydrogens is 1540 g/mol. The first-order chi connectivity index (χ1) is 60.9. The Kier molecular flexibility index (Phi) is 18.1. The SMILES string of the molecule is c1ccc(-c2cc(-c3nc(-c4ccccc4)nc(-c4ccc5c(c4)oc4ccccc45)n3)c3c(ccc4ccccc43)c2)cc1.c1ccc(-c2nc(-c3cc4ccccc4c4ccccc34)nc(-c3cccc4c3sc3ccccc34)n2)cc1.c1ccc(-c2nc(-c3ccc4ccc5ccccc5c4c3)nc(-c3cccc4sc5ccccc5c34)n2)cc1. The van der Waals surface area contributed by atoms with Crippen molar-refractivity contribution < 1.29 is 4.42 Å². The van der Waals surface area contributed by atoms with Gasteiger partial charge < -0.3 is 4.42 Å². The molecule has 0 atom stereocenters. The summed E-state index contributed by atoms with van der Waals surface area (Å²) in [6.45, 7) is 0. The zero-order chi connectivity index (χ0) is 81.3. The summed E-state index contributed by atoms with van der Waals surface area (Å²) in [4.78, 5) is 45.8. The third kappa shape index (κ3) is 13.4. The van der Waals surface area contributed by atoms with Gasteiger partial charge in [0.15, 0.2) is 52.4 Å². The van der Waals surface area contributed by atoms with Crippen LogP contribution < -0.4 is 0 Å². The minimum Gasteiger partial charge on any atom is -0.456 e. The van der Waals surface area contributed by atoms with Gasteiger partial charge >= 0.3 is 0 Å². The molecule has 0 aliphatic carbocycles. The molecule has 0 aliphatic heterocycles. The molecule has 0 amide bonds. The van der Waals surface area contributed by atoms with Gasteiger partial charge in [-0.25, -0.2) is 44.9 Å². The second-order valence-corrected chi connectivity index (χ2v) is 32.7. The van der Waals surface area contributed by atoms with Gasteiger partial charge in [0.2, 0.25) is 0 Å². The lowest BCUT2D eigenvalue weighted by Gasteiger charge is -2.14. The van der Waals surface area contributed by atoms with Crippen molar-refractivity contribution >= 4 is 150 Å². The summed E-state index contributed by atoms with van der Waals surface area (Å²) in [5.41, 5.74) is 12.7. The van der Waals surface area contributed by atoms with E-state index >= 15 is 0 Å². The number of nitrogens with zero attached hydrogens (tertiary/aromatic N) is 9. The average molecular weight is 1610 g/mol. The maximum absolute atomic E-state index is 6.24. The van der Waals surface area contributed by atoms with Crippen LogP contribution in [-0.4, -0.2) is 44.9 Å². The summed E-state index contributed by atoms with van der Waals surface area (Å²) in [6, 6.07) is 141. The zero-order valence-corrected chi connectivity index (χ0v) is 67.6. The standard InChI is InChI=1S/C41H25N3O.2C35H21N3S/c1-3-11-26(12-4-1)31-23-29-20-19-27-13-7-8-16-32(27)38(29)35(24-31)41-43-39(28-14-5-2-6-15-28)42-40(44-41)30-21-22-34-33-17-9-10-18-36(33)45-37(34)25-30;1-2-11-22(12-3-1)33-36-34(29-19-10-18-28-27-17-8-9-20-31(27)39-32(28)29)38-35(37-33)30-21-23-13-4-5-14-24(23)25-15-6-7-16-26(25)30;1-2-10-24(11-3-1)33-36-34(25-20-19-23-18-17-22-9-4-5-12-26(22)29(23)21-25)38-35(37-33)28-14-8-16-31-32(28)27-13-6-7-15-30(27)39-31/h1-25H;2*1-21H. The minimum absolute atomic E-state index is 0.597. The van der Waals surface area contributed by atoms with E-state index in [1.54, 1.807) is 22.7 Å². The molecule has 0 bridgehead atoms. The molecule has 10 nitrogen and oxygen atoms in total. The molecule has 12 heteroatoms. The maximum atomic E-state index is 6.24. The van der Waals surface area contributed by atoms with Gasteiger partial charge in [0.1, 0.15) is 11.2 Å². The first-order valence-electron chi connectivity index (χ1n) is 41.0. The van der Waals surface area contributed by atoms with Crippen LogP contribution >= 0.6 is 22.7 Å². The van der Waals surface area contributed by atoms with Gasteiger partial charge in [-0.1, -0.05) is 340 Å². The third-order valence-corrected chi connectivity index (χ3v) is 25.5. The van der Waals surface area contributed by atoms with E-state index in [2.05, 4.69) is 309 Å². The molecule has 0 aliphatic rings. The number of benzene rings is 19. The summed E-state index contributed by atoms with van der Waals surface area (Å²) in [6.07, 6.45) is 0. The Hall–Kier alpha value is -16.0. The normalized spacial score (nSPS) is 11.6. The van der Waals surface area contributed by atoms with E-state index in [1.807, 2.05) is 97.1 Å². The van der Waals surface area contributed by atoms with Crippen molar-refractivity contribution in [2.45, 2.75) is 0 Å². The Balaban J connectivity index is 0.000000107. The van der Waals surface area contributed by atoms with Crippen LogP contribution in [0.1, 0.15) is 0 Å². The molecule has 0 N–H and O–H groups in total. The quantitative estimate of drug-likeness (QED) is 0.122. The molecular formula is C111H67N9OS2. The number of hydrogen-bond acceptors (Lipinski definition) is 12. The van der Waals surface area contributed by atoms with Crippen LogP contribution in [0.3, 0.4) is 0 Å². The topological polar surface area (TPSA) is 129 Å². The monoisotopic (exact) mass is 1610 g/mol. The van der Waals surface area contributed by atoms with Gasteiger partial charge in [-0.15, -0.1) is 22.7 Å². The third-order valence-electron chi connectivity index (χ3n) is 23.1. The molecule has 19 aromatic carbocycles. The molecule has 25 aromatic rings. The van der Waals surface area contributed by atoms with Gasteiger partial charge in [-0.05, 0) is 137 Å². The summed E-state index contributed by atoms with van der Waals surface area (Å²) in [7, 11) is 0. The number of fused-ring (bicyclic) bond motifs is 18. The summed E-state index contributed by atoms with van der Waals surface area (Å²) in [5.74, 6) is 5.92. The van der Waals surface area contributed by atoms with Crippen LogP contribution in [0.5, 0.6) is 0 Å². The lowest BCUT2D eigenvalue weighted by molar-refractivity contribution is 0.669. The minimum atomic E-state index is 0.597. The summed E-state index contributed by atoms with van der Waals surface area (Å²) < 4.78 is 11.2. The number of furan rings is 1. The Morgan fingerprint density at radius 3 is 1.23 bits per heavy atom. The molecule has 0 saturated heterocycles. The van der Waals surface area contributed by atoms with E-state index < -0.39 is 0 Å². The van der Waals surface area contributed by atoms with Crippen LogP contribution in [0.4, 0.5) is 0 Å². The highest BCUT2D eigenvalue weighted by Gasteiger charge is 2.24. The predicted molar refractivity (Wildman–Crippen MR) is 512 cm³/mol. The summed E-state index contributed by atoms with van der Waals surface area (Å²) in [5, 5.41) is 21.2. The van der Waals surface area contributed by atoms with Crippen LogP contribution in [0, 0.1) is 0 Å². The predicted octanol–water partition coefficient (Wildman–Crippen LogP) is 29.8. The van der Waals surface area contributed by atoms with Gasteiger partial charge in [-0.2, -0.15) is 0 Å². The van der Waals surface area contributed by atoms with E-state index in [1.165, 1.54) is 83.4 Å². The Bertz CT molecular complexity index is 8470. The van der Waals surface area contributed by atoms with Crippen molar-refractivity contribution in [2.24, 2.45) is 0 Å². The average Bonchev–Trinajstić information content (AvgIpc) is 1.54. The maximum Gasteiger partial charge on any atom is 0.165 e. The number of hydrogen-bond donors (Lipinski definition) is 0. The van der Waals surface area contributed by atoms with E-state index in [-0.39, 0.29) is 0 Å². The molecule has 574 valence electrons. The van der Waals surface area contributed by atoms with E-state index in [4.69, 9.17) is 49.3 Å². The van der Waals surface area contributed by atoms with E-state index in [0.717, 1.165) is 105 Å². The Morgan fingerprint density at radius 1 is 0.163 bits per heavy atom. The van der Waals surface area contributed by atoms with Gasteiger partial charge in [0.25, 0.3) is 0 Å². The fourth-order valence-corrected chi connectivity index (χ4v) is 19.6. The smallest absolute Gasteiger partial charge is 0.165 e. The van der Waals surface area contributed by atoms with Crippen LogP contribution in [0.15, 0.2) is 411 Å². The van der Waals surface area contributed by atoms with Crippen molar-refractivity contribution in [1.82, 2.24) is 44.9 Å². The first kappa shape index (κ1) is 72.3. The van der Waals surface area contributed by atoms with Gasteiger partial charge in [0, 0.05) is 107 Å². The fraction of sp³-hybridized carbons (Fsp3) is 0. The van der Waals surface area contributed by atoms with Gasteiger partial charge in [-0.3, -0.25) is 0 Å². The number of aromatic nitrogens is 9. The molecule has 123 heavy (non-hydrogen) atoms. The molecule has 0 radical (unpaired) electrons. The second kappa shape index (κ2) is 30.7. The number of rotatable bonds is 10. The molecule has 6 heterocycles. The highest BCUT2D eigenvalue weighted by Crippen LogP contribution is 2.45. The van der Waals surface area contributed by atoms with Crippen molar-refractivity contribution in [3.8, 4) is 114 Å². The fourth-order valence-electron chi connectivity index (χ4n) is 17.3. The highest BCUT2D eigenvalue weighted by atomic mass is 32.1. The van der Waals surface area contributed by atoms with Crippen molar-refractivity contribution in [1.29, 1.82) is 0 Å². The van der Waals surface area contributed by atoms with Crippen LogP contribution in [0.25, 0.3) is 241 Å². The summed E-state index contributed by atoms with van der Waals surface area (Å²) >= 11 is 3.59. The second-order valence-electron chi connectivity index (χ2n) is 30.6. The van der Waals surface area contributed by atoms with Crippen molar-refractivity contribution in [3.05, 3.63) is 406 Å².